The van der Waals surface area contributed by atoms with Crippen molar-refractivity contribution in [2.24, 2.45) is 0 Å². The highest BCUT2D eigenvalue weighted by molar-refractivity contribution is 6.29. The van der Waals surface area contributed by atoms with Gasteiger partial charge in [0.1, 0.15) is 0 Å². The van der Waals surface area contributed by atoms with Crippen molar-refractivity contribution in [2.45, 2.75) is 6.18 Å². The number of halogens is 4. The molecule has 0 spiro atoms. The first-order valence-corrected chi connectivity index (χ1v) is 6.15. The van der Waals surface area contributed by atoms with E-state index in [9.17, 15) is 13.2 Å². The number of hydrogen-bond donors (Lipinski definition) is 1. The van der Waals surface area contributed by atoms with Gasteiger partial charge >= 0.3 is 6.18 Å². The summed E-state index contributed by atoms with van der Waals surface area (Å²) in [7, 11) is 0. The summed E-state index contributed by atoms with van der Waals surface area (Å²) in [6, 6.07) is 10.8. The largest absolute Gasteiger partial charge is 0.417 e. The van der Waals surface area contributed by atoms with Gasteiger partial charge in [0.05, 0.1) is 16.6 Å². The first kappa shape index (κ1) is 13.0. The number of aromatic nitrogens is 2. The van der Waals surface area contributed by atoms with Crippen LogP contribution in [0.2, 0.25) is 5.28 Å². The zero-order valence-electron chi connectivity index (χ0n) is 10.0. The van der Waals surface area contributed by atoms with Crippen molar-refractivity contribution in [2.75, 3.05) is 0 Å². The summed E-state index contributed by atoms with van der Waals surface area (Å²) in [6.07, 6.45) is -4.45. The van der Waals surface area contributed by atoms with Crippen LogP contribution in [0, 0.1) is 0 Å². The molecule has 102 valence electrons. The van der Waals surface area contributed by atoms with Gasteiger partial charge < -0.3 is 4.98 Å². The summed E-state index contributed by atoms with van der Waals surface area (Å²) in [5.74, 6) is 0. The van der Waals surface area contributed by atoms with Crippen LogP contribution in [0.25, 0.3) is 22.2 Å². The topological polar surface area (TPSA) is 28.7 Å². The Morgan fingerprint density at radius 2 is 1.75 bits per heavy atom. The molecule has 1 aromatic heterocycles. The second-order valence-corrected chi connectivity index (χ2v) is 4.66. The van der Waals surface area contributed by atoms with Gasteiger partial charge in [-0.05, 0) is 34.9 Å². The minimum absolute atomic E-state index is 0.0679. The van der Waals surface area contributed by atoms with Crippen LogP contribution in [-0.4, -0.2) is 9.97 Å². The smallest absolute Gasteiger partial charge is 0.329 e. The van der Waals surface area contributed by atoms with Crippen LogP contribution < -0.4 is 0 Å². The van der Waals surface area contributed by atoms with Gasteiger partial charge in [0, 0.05) is 0 Å². The molecule has 0 aliphatic heterocycles. The van der Waals surface area contributed by atoms with Gasteiger partial charge in [-0.2, -0.15) is 13.2 Å². The average Bonchev–Trinajstić information content (AvgIpc) is 2.76. The van der Waals surface area contributed by atoms with E-state index in [1.807, 2.05) is 0 Å². The molecule has 2 aromatic carbocycles. The fraction of sp³-hybridized carbons (Fsp3) is 0.0714. The minimum Gasteiger partial charge on any atom is -0.329 e. The van der Waals surface area contributed by atoms with Crippen molar-refractivity contribution in [1.29, 1.82) is 0 Å². The number of alkyl halides is 3. The minimum atomic E-state index is -4.45. The number of nitrogens with one attached hydrogen (secondary N) is 1. The Morgan fingerprint density at radius 1 is 1.05 bits per heavy atom. The number of fused-ring (bicyclic) bond motifs is 1. The predicted molar refractivity (Wildman–Crippen MR) is 71.5 cm³/mol. The highest BCUT2D eigenvalue weighted by Crippen LogP contribution is 2.39. The van der Waals surface area contributed by atoms with Crippen molar-refractivity contribution in [3.05, 3.63) is 53.3 Å². The summed E-state index contributed by atoms with van der Waals surface area (Å²) < 4.78 is 39.6. The number of rotatable bonds is 1. The second kappa shape index (κ2) is 4.52. The molecule has 0 unspecified atom stereocenters. The van der Waals surface area contributed by atoms with Crippen LogP contribution in [0.15, 0.2) is 42.5 Å². The van der Waals surface area contributed by atoms with Crippen LogP contribution in [0.3, 0.4) is 0 Å². The van der Waals surface area contributed by atoms with E-state index in [2.05, 4.69) is 9.97 Å². The van der Waals surface area contributed by atoms with Gasteiger partial charge in [-0.3, -0.25) is 0 Å². The molecular weight excluding hydrogens is 289 g/mol. The Morgan fingerprint density at radius 3 is 2.40 bits per heavy atom. The lowest BCUT2D eigenvalue weighted by Crippen LogP contribution is -2.07. The maximum Gasteiger partial charge on any atom is 0.417 e. The van der Waals surface area contributed by atoms with Gasteiger partial charge in [0.2, 0.25) is 5.28 Å². The van der Waals surface area contributed by atoms with E-state index in [0.717, 1.165) is 6.07 Å². The molecular formula is C14H8ClF3N2. The third kappa shape index (κ3) is 2.25. The molecule has 0 amide bonds. The van der Waals surface area contributed by atoms with Gasteiger partial charge in [-0.15, -0.1) is 0 Å². The van der Waals surface area contributed by atoms with Crippen LogP contribution in [0.5, 0.6) is 0 Å². The average molecular weight is 297 g/mol. The van der Waals surface area contributed by atoms with E-state index in [1.54, 1.807) is 30.3 Å². The lowest BCUT2D eigenvalue weighted by atomic mass is 9.98. The van der Waals surface area contributed by atoms with E-state index in [1.165, 1.54) is 6.07 Å². The fourth-order valence-corrected chi connectivity index (χ4v) is 2.31. The van der Waals surface area contributed by atoms with E-state index in [4.69, 9.17) is 11.6 Å². The maximum absolute atomic E-state index is 13.2. The molecule has 3 rings (SSSR count). The highest BCUT2D eigenvalue weighted by atomic mass is 35.5. The van der Waals surface area contributed by atoms with Crippen molar-refractivity contribution < 1.29 is 13.2 Å². The number of aromatic amines is 1. The molecule has 6 heteroatoms. The number of benzene rings is 2. The fourth-order valence-electron chi connectivity index (χ4n) is 2.12. The molecule has 0 fully saturated rings. The summed E-state index contributed by atoms with van der Waals surface area (Å²) in [5, 5.41) is 0.0679. The van der Waals surface area contributed by atoms with Crippen molar-refractivity contribution in [1.82, 2.24) is 9.97 Å². The van der Waals surface area contributed by atoms with Crippen molar-refractivity contribution >= 4 is 22.6 Å². The molecule has 0 aliphatic carbocycles. The molecule has 0 aliphatic rings. The number of imidazole rings is 1. The quantitative estimate of drug-likeness (QED) is 0.679. The van der Waals surface area contributed by atoms with E-state index in [0.29, 0.717) is 11.1 Å². The number of hydrogen-bond acceptors (Lipinski definition) is 1. The molecule has 1 N–H and O–H groups in total. The highest BCUT2D eigenvalue weighted by Gasteiger charge is 2.34. The number of nitrogens with zero attached hydrogens (tertiary/aromatic N) is 1. The SMILES string of the molecule is FC(F)(F)c1cc2[nH]c(Cl)nc2cc1-c1ccccc1. The molecule has 0 atom stereocenters. The molecule has 20 heavy (non-hydrogen) atoms. The Kier molecular flexibility index (Phi) is 2.94. The monoisotopic (exact) mass is 296 g/mol. The van der Waals surface area contributed by atoms with Gasteiger partial charge in [-0.25, -0.2) is 4.98 Å². The molecule has 2 nitrogen and oxygen atoms in total. The van der Waals surface area contributed by atoms with E-state index in [-0.39, 0.29) is 16.4 Å². The first-order chi connectivity index (χ1) is 9.45. The summed E-state index contributed by atoms with van der Waals surface area (Å²) >= 11 is 5.70. The van der Waals surface area contributed by atoms with Gasteiger partial charge in [0.15, 0.2) is 0 Å². The Labute approximate surface area is 117 Å². The first-order valence-electron chi connectivity index (χ1n) is 5.77. The van der Waals surface area contributed by atoms with Crippen molar-refractivity contribution in [3.63, 3.8) is 0 Å². The zero-order chi connectivity index (χ0) is 14.3. The van der Waals surface area contributed by atoms with Gasteiger partial charge in [-0.1, -0.05) is 30.3 Å². The maximum atomic E-state index is 13.2. The van der Waals surface area contributed by atoms with Crippen LogP contribution in [-0.2, 0) is 6.18 Å². The third-order valence-electron chi connectivity index (χ3n) is 2.98. The lowest BCUT2D eigenvalue weighted by Gasteiger charge is -2.13. The standard InChI is InChI=1S/C14H8ClF3N2/c15-13-19-11-6-9(8-4-2-1-3-5-8)10(14(16,17)18)7-12(11)20-13/h1-7H,(H,19,20). The Balaban J connectivity index is 2.33. The molecule has 0 bridgehead atoms. The molecule has 3 aromatic rings. The molecule has 1 heterocycles. The van der Waals surface area contributed by atoms with E-state index < -0.39 is 11.7 Å². The molecule has 0 saturated carbocycles. The second-order valence-electron chi connectivity index (χ2n) is 4.31. The summed E-state index contributed by atoms with van der Waals surface area (Å²) in [6.45, 7) is 0. The Bertz CT molecular complexity index is 763. The summed E-state index contributed by atoms with van der Waals surface area (Å²) in [5.41, 5.74) is 0.537. The third-order valence-corrected chi connectivity index (χ3v) is 3.16. The van der Waals surface area contributed by atoms with Crippen LogP contribution in [0.4, 0.5) is 13.2 Å². The van der Waals surface area contributed by atoms with E-state index >= 15 is 0 Å². The molecule has 0 saturated heterocycles. The van der Waals surface area contributed by atoms with Gasteiger partial charge in [0.25, 0.3) is 0 Å². The number of H-pyrrole nitrogens is 1. The predicted octanol–water partition coefficient (Wildman–Crippen LogP) is 4.90. The van der Waals surface area contributed by atoms with Crippen LogP contribution in [0.1, 0.15) is 5.56 Å². The zero-order valence-corrected chi connectivity index (χ0v) is 10.8. The Hall–Kier alpha value is -2.01. The summed E-state index contributed by atoms with van der Waals surface area (Å²) in [4.78, 5) is 6.57. The van der Waals surface area contributed by atoms with Crippen LogP contribution >= 0.6 is 11.6 Å². The normalized spacial score (nSPS) is 12.0. The lowest BCUT2D eigenvalue weighted by molar-refractivity contribution is -0.137. The van der Waals surface area contributed by atoms with Crippen molar-refractivity contribution in [3.8, 4) is 11.1 Å². The molecule has 0 radical (unpaired) electrons.